The molecule has 0 amide bonds. The lowest BCUT2D eigenvalue weighted by atomic mass is 9.96. The van der Waals surface area contributed by atoms with E-state index in [4.69, 9.17) is 5.73 Å². The molecule has 0 saturated heterocycles. The maximum absolute atomic E-state index is 13.2. The van der Waals surface area contributed by atoms with Gasteiger partial charge in [-0.05, 0) is 29.3 Å². The first kappa shape index (κ1) is 13.2. The molecule has 2 aromatic rings. The van der Waals surface area contributed by atoms with Crippen molar-refractivity contribution >= 4 is 15.9 Å². The van der Waals surface area contributed by atoms with E-state index in [2.05, 4.69) is 15.9 Å². The first-order valence-corrected chi connectivity index (χ1v) is 6.32. The second-order valence-corrected chi connectivity index (χ2v) is 4.90. The third-order valence-electron chi connectivity index (χ3n) is 2.80. The van der Waals surface area contributed by atoms with E-state index in [1.54, 1.807) is 6.07 Å². The largest absolute Gasteiger partial charge is 0.386 e. The molecule has 0 spiro atoms. The molecule has 0 fully saturated rings. The highest BCUT2D eigenvalue weighted by Crippen LogP contribution is 2.31. The van der Waals surface area contributed by atoms with Crippen LogP contribution >= 0.6 is 15.9 Å². The minimum Gasteiger partial charge on any atom is -0.386 e. The topological polar surface area (TPSA) is 46.2 Å². The molecule has 0 saturated carbocycles. The van der Waals surface area contributed by atoms with Crippen molar-refractivity contribution in [1.29, 1.82) is 0 Å². The van der Waals surface area contributed by atoms with E-state index in [9.17, 15) is 9.50 Å². The van der Waals surface area contributed by atoms with Crippen LogP contribution in [0.2, 0.25) is 0 Å². The molecular formula is C14H13BrFNO. The zero-order valence-corrected chi connectivity index (χ0v) is 11.1. The van der Waals surface area contributed by atoms with E-state index < -0.39 is 18.0 Å². The van der Waals surface area contributed by atoms with Crippen LogP contribution in [-0.2, 0) is 0 Å². The second-order valence-electron chi connectivity index (χ2n) is 4.05. The molecule has 0 bridgehead atoms. The number of rotatable bonds is 3. The van der Waals surface area contributed by atoms with Crippen molar-refractivity contribution in [3.8, 4) is 0 Å². The molecule has 0 aliphatic rings. The lowest BCUT2D eigenvalue weighted by Gasteiger charge is -2.20. The highest BCUT2D eigenvalue weighted by atomic mass is 79.9. The SMILES string of the molecule is NC(c1ccccc1)C(O)c1cc(F)ccc1Br. The van der Waals surface area contributed by atoms with E-state index in [-0.39, 0.29) is 0 Å². The third-order valence-corrected chi connectivity index (χ3v) is 3.52. The predicted molar refractivity (Wildman–Crippen MR) is 72.4 cm³/mol. The molecule has 2 atom stereocenters. The number of aliphatic hydroxyl groups is 1. The van der Waals surface area contributed by atoms with E-state index in [0.717, 1.165) is 5.56 Å². The van der Waals surface area contributed by atoms with E-state index in [1.165, 1.54) is 12.1 Å². The predicted octanol–water partition coefficient (Wildman–Crippen LogP) is 3.32. The highest BCUT2D eigenvalue weighted by molar-refractivity contribution is 9.10. The van der Waals surface area contributed by atoms with Crippen molar-refractivity contribution in [2.45, 2.75) is 12.1 Å². The minimum absolute atomic E-state index is 0.396. The standard InChI is InChI=1S/C14H13BrFNO/c15-12-7-6-10(16)8-11(12)14(18)13(17)9-4-2-1-3-5-9/h1-8,13-14,18H,17H2. The normalized spacial score (nSPS) is 14.2. The Kier molecular flexibility index (Phi) is 4.11. The van der Waals surface area contributed by atoms with Gasteiger partial charge in [0, 0.05) is 4.47 Å². The quantitative estimate of drug-likeness (QED) is 0.913. The van der Waals surface area contributed by atoms with Gasteiger partial charge >= 0.3 is 0 Å². The smallest absolute Gasteiger partial charge is 0.123 e. The van der Waals surface area contributed by atoms with Crippen LogP contribution < -0.4 is 5.73 Å². The average Bonchev–Trinajstić information content (AvgIpc) is 2.41. The van der Waals surface area contributed by atoms with Gasteiger partial charge in [-0.1, -0.05) is 46.3 Å². The third kappa shape index (κ3) is 2.77. The number of hydrogen-bond acceptors (Lipinski definition) is 2. The average molecular weight is 310 g/mol. The number of halogens is 2. The summed E-state index contributed by atoms with van der Waals surface area (Å²) in [4.78, 5) is 0. The Morgan fingerprint density at radius 1 is 1.11 bits per heavy atom. The molecule has 2 rings (SSSR count). The van der Waals surface area contributed by atoms with Gasteiger partial charge in [0.05, 0.1) is 12.1 Å². The molecule has 0 aliphatic carbocycles. The van der Waals surface area contributed by atoms with Gasteiger partial charge in [0.25, 0.3) is 0 Å². The maximum Gasteiger partial charge on any atom is 0.123 e. The Labute approximate surface area is 113 Å². The van der Waals surface area contributed by atoms with E-state index in [1.807, 2.05) is 30.3 Å². The van der Waals surface area contributed by atoms with Crippen molar-refractivity contribution in [3.05, 3.63) is 69.9 Å². The zero-order valence-electron chi connectivity index (χ0n) is 9.55. The van der Waals surface area contributed by atoms with Crippen molar-refractivity contribution in [2.24, 2.45) is 5.73 Å². The van der Waals surface area contributed by atoms with Crippen LogP contribution in [0, 0.1) is 5.82 Å². The van der Waals surface area contributed by atoms with Gasteiger partial charge in [0.2, 0.25) is 0 Å². The molecule has 0 radical (unpaired) electrons. The number of nitrogens with two attached hydrogens (primary N) is 1. The van der Waals surface area contributed by atoms with Crippen molar-refractivity contribution in [1.82, 2.24) is 0 Å². The fraction of sp³-hybridized carbons (Fsp3) is 0.143. The van der Waals surface area contributed by atoms with Gasteiger partial charge in [-0.2, -0.15) is 0 Å². The van der Waals surface area contributed by atoms with Crippen LogP contribution in [0.4, 0.5) is 4.39 Å². The number of benzene rings is 2. The van der Waals surface area contributed by atoms with Crippen molar-refractivity contribution in [2.75, 3.05) is 0 Å². The number of aliphatic hydroxyl groups excluding tert-OH is 1. The molecule has 94 valence electrons. The minimum atomic E-state index is -0.961. The van der Waals surface area contributed by atoms with E-state index >= 15 is 0 Å². The summed E-state index contributed by atoms with van der Waals surface area (Å²) in [5, 5.41) is 10.2. The van der Waals surface area contributed by atoms with E-state index in [0.29, 0.717) is 10.0 Å². The van der Waals surface area contributed by atoms with Gasteiger partial charge in [0.1, 0.15) is 5.82 Å². The fourth-order valence-electron chi connectivity index (χ4n) is 1.79. The molecule has 0 aromatic heterocycles. The Morgan fingerprint density at radius 3 is 2.44 bits per heavy atom. The van der Waals surface area contributed by atoms with Gasteiger partial charge < -0.3 is 10.8 Å². The zero-order chi connectivity index (χ0) is 13.1. The molecule has 18 heavy (non-hydrogen) atoms. The molecule has 2 nitrogen and oxygen atoms in total. The Morgan fingerprint density at radius 2 is 1.78 bits per heavy atom. The van der Waals surface area contributed by atoms with Crippen LogP contribution in [0.1, 0.15) is 23.3 Å². The molecule has 0 heterocycles. The van der Waals surface area contributed by atoms with Crippen LogP contribution in [0.25, 0.3) is 0 Å². The van der Waals surface area contributed by atoms with Gasteiger partial charge in [-0.25, -0.2) is 4.39 Å². The van der Waals surface area contributed by atoms with Gasteiger partial charge in [-0.15, -0.1) is 0 Å². The highest BCUT2D eigenvalue weighted by Gasteiger charge is 2.21. The molecule has 2 aromatic carbocycles. The summed E-state index contributed by atoms with van der Waals surface area (Å²) in [6.07, 6.45) is -0.961. The first-order valence-electron chi connectivity index (χ1n) is 5.53. The fourth-order valence-corrected chi connectivity index (χ4v) is 2.27. The number of hydrogen-bond donors (Lipinski definition) is 2. The summed E-state index contributed by atoms with van der Waals surface area (Å²) in [7, 11) is 0. The molecule has 2 unspecified atom stereocenters. The van der Waals surface area contributed by atoms with Crippen molar-refractivity contribution in [3.63, 3.8) is 0 Å². The molecular weight excluding hydrogens is 297 g/mol. The maximum atomic E-state index is 13.2. The summed E-state index contributed by atoms with van der Waals surface area (Å²) in [6, 6.07) is 12.8. The van der Waals surface area contributed by atoms with Crippen molar-refractivity contribution < 1.29 is 9.50 Å². The Balaban J connectivity index is 2.31. The van der Waals surface area contributed by atoms with Crippen LogP contribution in [-0.4, -0.2) is 5.11 Å². The van der Waals surface area contributed by atoms with Gasteiger partial charge in [-0.3, -0.25) is 0 Å². The van der Waals surface area contributed by atoms with Crippen LogP contribution in [0.15, 0.2) is 53.0 Å². The monoisotopic (exact) mass is 309 g/mol. The summed E-state index contributed by atoms with van der Waals surface area (Å²) in [6.45, 7) is 0. The van der Waals surface area contributed by atoms with Gasteiger partial charge in [0.15, 0.2) is 0 Å². The van der Waals surface area contributed by atoms with Crippen LogP contribution in [0.3, 0.4) is 0 Å². The summed E-state index contributed by atoms with van der Waals surface area (Å²) in [5.74, 6) is -0.396. The summed E-state index contributed by atoms with van der Waals surface area (Å²) < 4.78 is 13.8. The first-order chi connectivity index (χ1) is 8.59. The Bertz CT molecular complexity index is 533. The lowest BCUT2D eigenvalue weighted by molar-refractivity contribution is 0.146. The van der Waals surface area contributed by atoms with Crippen LogP contribution in [0.5, 0.6) is 0 Å². The second kappa shape index (κ2) is 5.61. The summed E-state index contributed by atoms with van der Waals surface area (Å²) >= 11 is 3.29. The molecule has 0 aliphatic heterocycles. The lowest BCUT2D eigenvalue weighted by Crippen LogP contribution is -2.20. The molecule has 3 N–H and O–H groups in total. The summed E-state index contributed by atoms with van der Waals surface area (Å²) in [5.41, 5.74) is 7.25. The molecule has 4 heteroatoms. The Hall–Kier alpha value is -1.23.